The van der Waals surface area contributed by atoms with Crippen molar-refractivity contribution < 1.29 is 9.53 Å². The van der Waals surface area contributed by atoms with Crippen LogP contribution in [0.3, 0.4) is 0 Å². The van der Waals surface area contributed by atoms with Gasteiger partial charge in [-0.3, -0.25) is 4.79 Å². The Balaban J connectivity index is 1.81. The molecule has 130 valence electrons. The SMILES string of the molecule is CCC[C@@H](C)NC(=O)CSc1nnc(Nc2ccc(OC)cc2)s1. The van der Waals surface area contributed by atoms with Gasteiger partial charge in [0.25, 0.3) is 0 Å². The van der Waals surface area contributed by atoms with Gasteiger partial charge in [-0.05, 0) is 37.6 Å². The fraction of sp³-hybridized carbons (Fsp3) is 0.438. The van der Waals surface area contributed by atoms with Crippen LogP contribution in [0.5, 0.6) is 5.75 Å². The Morgan fingerprint density at radius 1 is 1.33 bits per heavy atom. The third kappa shape index (κ3) is 6.01. The number of hydrogen-bond acceptors (Lipinski definition) is 7. The highest BCUT2D eigenvalue weighted by Gasteiger charge is 2.10. The zero-order chi connectivity index (χ0) is 17.4. The highest BCUT2D eigenvalue weighted by atomic mass is 32.2. The third-order valence-corrected chi connectivity index (χ3v) is 5.18. The van der Waals surface area contributed by atoms with Crippen LogP contribution < -0.4 is 15.4 Å². The van der Waals surface area contributed by atoms with Gasteiger partial charge in [-0.15, -0.1) is 10.2 Å². The molecule has 1 heterocycles. The van der Waals surface area contributed by atoms with E-state index in [9.17, 15) is 4.79 Å². The van der Waals surface area contributed by atoms with Crippen LogP contribution in [0.2, 0.25) is 0 Å². The predicted octanol–water partition coefficient (Wildman–Crippen LogP) is 3.69. The molecule has 24 heavy (non-hydrogen) atoms. The number of carbonyl (C=O) groups excluding carboxylic acids is 1. The standard InChI is InChI=1S/C16H22N4O2S2/c1-4-5-11(2)17-14(21)10-23-16-20-19-15(24-16)18-12-6-8-13(22-3)9-7-12/h6-9,11H,4-5,10H2,1-3H3,(H,17,21)(H,18,19)/t11-/m1/s1. The zero-order valence-electron chi connectivity index (χ0n) is 14.0. The molecule has 0 aliphatic rings. The lowest BCUT2D eigenvalue weighted by Gasteiger charge is -2.11. The van der Waals surface area contributed by atoms with E-state index in [0.717, 1.165) is 28.6 Å². The molecule has 0 aliphatic carbocycles. The maximum absolute atomic E-state index is 11.9. The Kier molecular flexibility index (Phi) is 7.33. The van der Waals surface area contributed by atoms with Crippen LogP contribution in [-0.4, -0.2) is 35.0 Å². The van der Waals surface area contributed by atoms with Gasteiger partial charge in [-0.25, -0.2) is 0 Å². The molecule has 0 fully saturated rings. The molecule has 2 rings (SSSR count). The van der Waals surface area contributed by atoms with Gasteiger partial charge in [0.1, 0.15) is 5.75 Å². The molecule has 8 heteroatoms. The Morgan fingerprint density at radius 3 is 2.75 bits per heavy atom. The van der Waals surface area contributed by atoms with Crippen molar-refractivity contribution in [2.75, 3.05) is 18.2 Å². The largest absolute Gasteiger partial charge is 0.497 e. The van der Waals surface area contributed by atoms with Gasteiger partial charge in [0, 0.05) is 11.7 Å². The van der Waals surface area contributed by atoms with E-state index in [-0.39, 0.29) is 11.9 Å². The highest BCUT2D eigenvalue weighted by Crippen LogP contribution is 2.28. The first-order chi connectivity index (χ1) is 11.6. The molecule has 0 saturated carbocycles. The number of aromatic nitrogens is 2. The quantitative estimate of drug-likeness (QED) is 0.659. The maximum atomic E-state index is 11.9. The van der Waals surface area contributed by atoms with E-state index >= 15 is 0 Å². The molecule has 0 saturated heterocycles. The van der Waals surface area contributed by atoms with Crippen molar-refractivity contribution in [1.82, 2.24) is 15.5 Å². The number of thioether (sulfide) groups is 1. The minimum Gasteiger partial charge on any atom is -0.497 e. The highest BCUT2D eigenvalue weighted by molar-refractivity contribution is 8.01. The Bertz CT molecular complexity index is 646. The summed E-state index contributed by atoms with van der Waals surface area (Å²) in [6.07, 6.45) is 2.05. The molecule has 0 spiro atoms. The van der Waals surface area contributed by atoms with Gasteiger partial charge >= 0.3 is 0 Å². The lowest BCUT2D eigenvalue weighted by atomic mass is 10.2. The second-order valence-electron chi connectivity index (χ2n) is 5.27. The van der Waals surface area contributed by atoms with Gasteiger partial charge < -0.3 is 15.4 Å². The van der Waals surface area contributed by atoms with Gasteiger partial charge in [-0.2, -0.15) is 0 Å². The van der Waals surface area contributed by atoms with Crippen molar-refractivity contribution in [2.24, 2.45) is 0 Å². The smallest absolute Gasteiger partial charge is 0.230 e. The van der Waals surface area contributed by atoms with Crippen LogP contribution in [0.1, 0.15) is 26.7 Å². The van der Waals surface area contributed by atoms with Crippen molar-refractivity contribution in [3.8, 4) is 5.75 Å². The summed E-state index contributed by atoms with van der Waals surface area (Å²) in [5, 5.41) is 15.1. The molecule has 6 nitrogen and oxygen atoms in total. The molecule has 0 bridgehead atoms. The summed E-state index contributed by atoms with van der Waals surface area (Å²) >= 11 is 2.83. The molecule has 2 aromatic rings. The van der Waals surface area contributed by atoms with E-state index < -0.39 is 0 Å². The average molecular weight is 367 g/mol. The molecular weight excluding hydrogens is 344 g/mol. The van der Waals surface area contributed by atoms with Gasteiger partial charge in [0.15, 0.2) is 4.34 Å². The van der Waals surface area contributed by atoms with Gasteiger partial charge in [0.05, 0.1) is 12.9 Å². The third-order valence-electron chi connectivity index (χ3n) is 3.20. The molecule has 1 atom stereocenters. The Hall–Kier alpha value is -1.80. The summed E-state index contributed by atoms with van der Waals surface area (Å²) in [4.78, 5) is 11.9. The second-order valence-corrected chi connectivity index (χ2v) is 7.47. The summed E-state index contributed by atoms with van der Waals surface area (Å²) in [5.74, 6) is 1.18. The fourth-order valence-electron chi connectivity index (χ4n) is 2.07. The first kappa shape index (κ1) is 18.5. The minimum atomic E-state index is 0.0285. The monoisotopic (exact) mass is 366 g/mol. The van der Waals surface area contributed by atoms with E-state index in [0.29, 0.717) is 10.9 Å². The van der Waals surface area contributed by atoms with Crippen molar-refractivity contribution in [2.45, 2.75) is 37.1 Å². The summed E-state index contributed by atoms with van der Waals surface area (Å²) in [6.45, 7) is 4.13. The molecule has 1 aromatic heterocycles. The van der Waals surface area contributed by atoms with Crippen molar-refractivity contribution in [3.63, 3.8) is 0 Å². The minimum absolute atomic E-state index is 0.0285. The molecule has 2 N–H and O–H groups in total. The van der Waals surface area contributed by atoms with Crippen LogP contribution in [-0.2, 0) is 4.79 Å². The second kappa shape index (κ2) is 9.48. The molecule has 0 aliphatic heterocycles. The van der Waals surface area contributed by atoms with E-state index in [1.807, 2.05) is 31.2 Å². The number of amides is 1. The molecule has 1 amide bonds. The number of carbonyl (C=O) groups is 1. The van der Waals surface area contributed by atoms with E-state index in [1.165, 1.54) is 23.1 Å². The number of rotatable bonds is 9. The number of methoxy groups -OCH3 is 1. The summed E-state index contributed by atoms with van der Waals surface area (Å²) < 4.78 is 5.89. The average Bonchev–Trinajstić information content (AvgIpc) is 3.01. The van der Waals surface area contributed by atoms with Gasteiger partial charge in [-0.1, -0.05) is 36.4 Å². The van der Waals surface area contributed by atoms with Crippen LogP contribution in [0.4, 0.5) is 10.8 Å². The van der Waals surface area contributed by atoms with Crippen LogP contribution >= 0.6 is 23.1 Å². The topological polar surface area (TPSA) is 76.1 Å². The first-order valence-electron chi connectivity index (χ1n) is 7.77. The number of anilines is 2. The Morgan fingerprint density at radius 2 is 2.08 bits per heavy atom. The van der Waals surface area contributed by atoms with Crippen molar-refractivity contribution >= 4 is 39.8 Å². The van der Waals surface area contributed by atoms with E-state index in [1.54, 1.807) is 7.11 Å². The number of hydrogen-bond donors (Lipinski definition) is 2. The molecule has 1 aromatic carbocycles. The normalized spacial score (nSPS) is 11.8. The Labute approximate surface area is 150 Å². The van der Waals surface area contributed by atoms with Crippen molar-refractivity contribution in [3.05, 3.63) is 24.3 Å². The number of ether oxygens (including phenoxy) is 1. The molecule has 0 unspecified atom stereocenters. The number of nitrogens with one attached hydrogen (secondary N) is 2. The summed E-state index contributed by atoms with van der Waals surface area (Å²) in [6, 6.07) is 7.79. The summed E-state index contributed by atoms with van der Waals surface area (Å²) in [7, 11) is 1.63. The van der Waals surface area contributed by atoms with Crippen LogP contribution in [0, 0.1) is 0 Å². The fourth-order valence-corrected chi connectivity index (χ4v) is 3.65. The van der Waals surface area contributed by atoms with E-state index in [2.05, 4.69) is 27.8 Å². The zero-order valence-corrected chi connectivity index (χ0v) is 15.7. The molecular formula is C16H22N4O2S2. The number of nitrogens with zero attached hydrogens (tertiary/aromatic N) is 2. The maximum Gasteiger partial charge on any atom is 0.230 e. The van der Waals surface area contributed by atoms with Crippen molar-refractivity contribution in [1.29, 1.82) is 0 Å². The predicted molar refractivity (Wildman–Crippen MR) is 99.4 cm³/mol. The summed E-state index contributed by atoms with van der Waals surface area (Å²) in [5.41, 5.74) is 0.912. The molecule has 0 radical (unpaired) electrons. The number of benzene rings is 1. The van der Waals surface area contributed by atoms with Crippen LogP contribution in [0.15, 0.2) is 28.6 Å². The lowest BCUT2D eigenvalue weighted by molar-refractivity contribution is -0.119. The van der Waals surface area contributed by atoms with E-state index in [4.69, 9.17) is 4.74 Å². The first-order valence-corrected chi connectivity index (χ1v) is 9.57. The van der Waals surface area contributed by atoms with Crippen LogP contribution in [0.25, 0.3) is 0 Å². The lowest BCUT2D eigenvalue weighted by Crippen LogP contribution is -2.33. The van der Waals surface area contributed by atoms with Gasteiger partial charge in [0.2, 0.25) is 11.0 Å².